The van der Waals surface area contributed by atoms with Gasteiger partial charge in [-0.3, -0.25) is 0 Å². The molecule has 1 aromatic heterocycles. The Balaban J connectivity index is 0.00000109. The normalized spacial score (nSPS) is 10.4. The van der Waals surface area contributed by atoms with Crippen LogP contribution in [0.5, 0.6) is 0 Å². The molecule has 0 aliphatic carbocycles. The van der Waals surface area contributed by atoms with E-state index in [1.54, 1.807) is 0 Å². The van der Waals surface area contributed by atoms with Crippen LogP contribution in [0.1, 0.15) is 39.4 Å². The van der Waals surface area contributed by atoms with Gasteiger partial charge in [-0.1, -0.05) is 39.3 Å². The number of hydrogen-bond donors (Lipinski definition) is 2. The van der Waals surface area contributed by atoms with Crippen LogP contribution in [0.4, 0.5) is 10.5 Å². The van der Waals surface area contributed by atoms with E-state index >= 15 is 0 Å². The summed E-state index contributed by atoms with van der Waals surface area (Å²) >= 11 is 0. The Kier molecular flexibility index (Phi) is 6.39. The maximum Gasteiger partial charge on any atom is 0.319 e. The van der Waals surface area contributed by atoms with Gasteiger partial charge in [0.1, 0.15) is 5.82 Å². The van der Waals surface area contributed by atoms with Gasteiger partial charge in [0.15, 0.2) is 0 Å². The fraction of sp³-hybridized carbons (Fsp3) is 0.400. The highest BCUT2D eigenvalue weighted by Gasteiger charge is 2.09. The molecule has 2 N–H and O–H groups in total. The highest BCUT2D eigenvalue weighted by molar-refractivity contribution is 6.06. The zero-order chi connectivity index (χ0) is 18.4. The van der Waals surface area contributed by atoms with Gasteiger partial charge in [0.2, 0.25) is 0 Å². The van der Waals surface area contributed by atoms with Crippen molar-refractivity contribution < 1.29 is 4.79 Å². The molecule has 134 valence electrons. The Morgan fingerprint density at radius 3 is 2.64 bits per heavy atom. The molecule has 0 aliphatic rings. The molecule has 2 aromatic carbocycles. The molecule has 5 heteroatoms. The Bertz CT molecular complexity index is 867. The third-order valence-corrected chi connectivity index (χ3v) is 4.17. The highest BCUT2D eigenvalue weighted by Crippen LogP contribution is 2.27. The number of hydrogen-bond acceptors (Lipinski definition) is 2. The van der Waals surface area contributed by atoms with Crippen molar-refractivity contribution in [2.75, 3.05) is 11.9 Å². The molecule has 0 bridgehead atoms. The number of aryl methyl sites for hydroxylation is 2. The summed E-state index contributed by atoms with van der Waals surface area (Å²) in [5, 5.41) is 7.93. The number of nitrogens with one attached hydrogen (secondary N) is 2. The summed E-state index contributed by atoms with van der Waals surface area (Å²) in [6.07, 6.45) is 2.05. The molecule has 0 unspecified atom stereocenters. The lowest BCUT2D eigenvalue weighted by Gasteiger charge is -2.08. The summed E-state index contributed by atoms with van der Waals surface area (Å²) in [4.78, 5) is 16.6. The fourth-order valence-electron chi connectivity index (χ4n) is 2.72. The molecule has 0 aliphatic heterocycles. The van der Waals surface area contributed by atoms with Crippen LogP contribution in [0.15, 0.2) is 30.3 Å². The number of fused-ring (bicyclic) bond motifs is 3. The number of anilines is 1. The van der Waals surface area contributed by atoms with E-state index in [0.29, 0.717) is 6.54 Å². The summed E-state index contributed by atoms with van der Waals surface area (Å²) in [5.41, 5.74) is 2.85. The quantitative estimate of drug-likeness (QED) is 0.658. The van der Waals surface area contributed by atoms with Crippen LogP contribution in [-0.2, 0) is 7.05 Å². The van der Waals surface area contributed by atoms with Crippen molar-refractivity contribution in [2.24, 2.45) is 7.05 Å². The molecule has 5 nitrogen and oxygen atoms in total. The number of aromatic nitrogens is 2. The molecule has 0 fully saturated rings. The summed E-state index contributed by atoms with van der Waals surface area (Å²) in [6.45, 7) is 8.79. The molecule has 2 amide bonds. The van der Waals surface area contributed by atoms with Gasteiger partial charge in [-0.2, -0.15) is 0 Å². The largest absolute Gasteiger partial charge is 0.338 e. The number of imidazole rings is 1. The average Bonchev–Trinajstić information content (AvgIpc) is 2.92. The Hall–Kier alpha value is -2.56. The lowest BCUT2D eigenvalue weighted by molar-refractivity contribution is 0.252. The zero-order valence-electron chi connectivity index (χ0n) is 15.8. The van der Waals surface area contributed by atoms with E-state index in [1.807, 2.05) is 46.0 Å². The number of amides is 2. The molecule has 1 heterocycles. The number of rotatable bonds is 4. The highest BCUT2D eigenvalue weighted by atomic mass is 16.2. The monoisotopic (exact) mass is 340 g/mol. The van der Waals surface area contributed by atoms with E-state index < -0.39 is 0 Å². The molecule has 3 aromatic rings. The minimum Gasteiger partial charge on any atom is -0.338 e. The summed E-state index contributed by atoms with van der Waals surface area (Å²) in [5.74, 6) is 0.975. The third kappa shape index (κ3) is 4.10. The molecule has 0 saturated carbocycles. The first kappa shape index (κ1) is 18.8. The molecule has 25 heavy (non-hydrogen) atoms. The SMILES string of the molecule is CC.CCCCNC(=O)Nc1ccc2ccc3c(nc(C)n3C)c2c1. The Morgan fingerprint density at radius 2 is 1.92 bits per heavy atom. The van der Waals surface area contributed by atoms with Crippen LogP contribution in [0.3, 0.4) is 0 Å². The summed E-state index contributed by atoms with van der Waals surface area (Å²) < 4.78 is 2.08. The molecule has 0 atom stereocenters. The number of benzene rings is 2. The predicted molar refractivity (Wildman–Crippen MR) is 106 cm³/mol. The van der Waals surface area contributed by atoms with Crippen molar-refractivity contribution in [3.05, 3.63) is 36.2 Å². The number of unbranched alkanes of at least 4 members (excludes halogenated alkanes) is 1. The Morgan fingerprint density at radius 1 is 1.20 bits per heavy atom. The van der Waals surface area contributed by atoms with Gasteiger partial charge in [-0.15, -0.1) is 0 Å². The van der Waals surface area contributed by atoms with Crippen LogP contribution in [-0.4, -0.2) is 22.1 Å². The van der Waals surface area contributed by atoms with Gasteiger partial charge in [0.05, 0.1) is 11.0 Å². The molecular formula is C20H28N4O. The van der Waals surface area contributed by atoms with Crippen molar-refractivity contribution >= 4 is 33.5 Å². The predicted octanol–water partition coefficient (Wildman–Crippen LogP) is 4.98. The van der Waals surface area contributed by atoms with E-state index in [2.05, 4.69) is 39.2 Å². The second-order valence-electron chi connectivity index (χ2n) is 5.82. The van der Waals surface area contributed by atoms with E-state index in [1.165, 1.54) is 0 Å². The number of urea groups is 1. The fourth-order valence-corrected chi connectivity index (χ4v) is 2.72. The van der Waals surface area contributed by atoms with Crippen LogP contribution in [0, 0.1) is 6.92 Å². The third-order valence-electron chi connectivity index (χ3n) is 4.17. The number of nitrogens with zero attached hydrogens (tertiary/aromatic N) is 2. The maximum absolute atomic E-state index is 11.9. The van der Waals surface area contributed by atoms with E-state index in [0.717, 1.165) is 46.2 Å². The van der Waals surface area contributed by atoms with E-state index in [-0.39, 0.29) is 6.03 Å². The minimum absolute atomic E-state index is 0.165. The second kappa shape index (κ2) is 8.51. The first-order valence-corrected chi connectivity index (χ1v) is 9.01. The lowest BCUT2D eigenvalue weighted by Crippen LogP contribution is -2.29. The molecular weight excluding hydrogens is 312 g/mol. The van der Waals surface area contributed by atoms with Crippen molar-refractivity contribution in [3.8, 4) is 0 Å². The topological polar surface area (TPSA) is 59.0 Å². The standard InChI is InChI=1S/C18H22N4O.C2H6/c1-4-5-10-19-18(23)21-14-8-6-13-7-9-16-17(15(13)11-14)20-12(2)22(16)3;1-2/h6-9,11H,4-5,10H2,1-3H3,(H2,19,21,23);1-2H3. The van der Waals surface area contributed by atoms with Gasteiger partial charge >= 0.3 is 6.03 Å². The van der Waals surface area contributed by atoms with Gasteiger partial charge < -0.3 is 15.2 Å². The Labute approximate surface area is 149 Å². The average molecular weight is 340 g/mol. The molecule has 0 radical (unpaired) electrons. The summed E-state index contributed by atoms with van der Waals surface area (Å²) in [6, 6.07) is 9.93. The van der Waals surface area contributed by atoms with Gasteiger partial charge in [0, 0.05) is 24.7 Å². The minimum atomic E-state index is -0.165. The first-order valence-electron chi connectivity index (χ1n) is 9.01. The number of carbonyl (C=O) groups excluding carboxylic acids is 1. The zero-order valence-corrected chi connectivity index (χ0v) is 15.8. The smallest absolute Gasteiger partial charge is 0.319 e. The van der Waals surface area contributed by atoms with Crippen molar-refractivity contribution in [3.63, 3.8) is 0 Å². The molecule has 3 rings (SSSR count). The van der Waals surface area contributed by atoms with Crippen LogP contribution < -0.4 is 10.6 Å². The van der Waals surface area contributed by atoms with Crippen molar-refractivity contribution in [1.82, 2.24) is 14.9 Å². The van der Waals surface area contributed by atoms with Crippen molar-refractivity contribution in [2.45, 2.75) is 40.5 Å². The van der Waals surface area contributed by atoms with Crippen molar-refractivity contribution in [1.29, 1.82) is 0 Å². The first-order chi connectivity index (χ1) is 12.1. The summed E-state index contributed by atoms with van der Waals surface area (Å²) in [7, 11) is 2.01. The van der Waals surface area contributed by atoms with Crippen LogP contribution >= 0.6 is 0 Å². The van der Waals surface area contributed by atoms with Gasteiger partial charge in [-0.25, -0.2) is 9.78 Å². The van der Waals surface area contributed by atoms with Crippen LogP contribution in [0.2, 0.25) is 0 Å². The van der Waals surface area contributed by atoms with E-state index in [9.17, 15) is 4.79 Å². The second-order valence-corrected chi connectivity index (χ2v) is 5.82. The van der Waals surface area contributed by atoms with Gasteiger partial charge in [0.25, 0.3) is 0 Å². The number of carbonyl (C=O) groups is 1. The lowest BCUT2D eigenvalue weighted by atomic mass is 10.1. The van der Waals surface area contributed by atoms with Crippen LogP contribution in [0.25, 0.3) is 21.8 Å². The van der Waals surface area contributed by atoms with Gasteiger partial charge in [-0.05, 0) is 36.9 Å². The maximum atomic E-state index is 11.9. The molecule has 0 spiro atoms. The van der Waals surface area contributed by atoms with E-state index in [4.69, 9.17) is 0 Å². The molecule has 0 saturated heterocycles.